The van der Waals surface area contributed by atoms with Gasteiger partial charge < -0.3 is 10.6 Å². The molecule has 0 fully saturated rings. The number of aryl methyl sites for hydroxylation is 1. The Hall–Kier alpha value is -1.48. The molecule has 0 amide bonds. The first-order valence-corrected chi connectivity index (χ1v) is 6.68. The van der Waals surface area contributed by atoms with Crippen LogP contribution < -0.4 is 10.6 Å². The smallest absolute Gasteiger partial charge is 0.0630 e. The molecule has 0 bridgehead atoms. The lowest BCUT2D eigenvalue weighted by Gasteiger charge is -2.23. The maximum Gasteiger partial charge on any atom is 0.0630 e. The van der Waals surface area contributed by atoms with E-state index in [0.29, 0.717) is 0 Å². The summed E-state index contributed by atoms with van der Waals surface area (Å²) >= 11 is 3.58. The second-order valence-electron chi connectivity index (χ2n) is 4.46. The molecule has 0 atom stereocenters. The van der Waals surface area contributed by atoms with Crippen LogP contribution in [-0.4, -0.2) is 7.05 Å². The fourth-order valence-corrected chi connectivity index (χ4v) is 2.57. The Bertz CT molecular complexity index is 532. The van der Waals surface area contributed by atoms with Gasteiger partial charge >= 0.3 is 0 Å². The molecule has 3 heteroatoms. The van der Waals surface area contributed by atoms with E-state index in [1.54, 1.807) is 0 Å². The van der Waals surface area contributed by atoms with Crippen molar-refractivity contribution in [3.8, 4) is 0 Å². The summed E-state index contributed by atoms with van der Waals surface area (Å²) in [6, 6.07) is 14.3. The van der Waals surface area contributed by atoms with Crippen molar-refractivity contribution in [2.75, 3.05) is 17.7 Å². The molecule has 0 aliphatic heterocycles. The Balaban J connectivity index is 2.28. The number of nitrogen functional groups attached to an aromatic ring is 1. The van der Waals surface area contributed by atoms with Crippen LogP contribution in [0.1, 0.15) is 11.1 Å². The van der Waals surface area contributed by atoms with E-state index in [-0.39, 0.29) is 0 Å². The molecule has 0 aliphatic carbocycles. The first-order chi connectivity index (χ1) is 8.59. The number of halogens is 1. The molecule has 18 heavy (non-hydrogen) atoms. The minimum Gasteiger partial charge on any atom is -0.397 e. The van der Waals surface area contributed by atoms with Gasteiger partial charge in [0.05, 0.1) is 11.4 Å². The van der Waals surface area contributed by atoms with Crippen LogP contribution in [0.2, 0.25) is 0 Å². The van der Waals surface area contributed by atoms with Gasteiger partial charge in [-0.1, -0.05) is 46.3 Å². The van der Waals surface area contributed by atoms with Gasteiger partial charge in [-0.15, -0.1) is 0 Å². The first-order valence-electron chi connectivity index (χ1n) is 5.89. The maximum absolute atomic E-state index is 6.06. The Labute approximate surface area is 117 Å². The van der Waals surface area contributed by atoms with Gasteiger partial charge in [-0.05, 0) is 30.2 Å². The molecule has 0 aromatic heterocycles. The van der Waals surface area contributed by atoms with E-state index in [2.05, 4.69) is 59.1 Å². The van der Waals surface area contributed by atoms with Crippen LogP contribution in [0.3, 0.4) is 0 Å². The van der Waals surface area contributed by atoms with E-state index in [1.807, 2.05) is 18.2 Å². The minimum atomic E-state index is 0.824. The third-order valence-corrected chi connectivity index (χ3v) is 3.79. The Kier molecular flexibility index (Phi) is 3.92. The largest absolute Gasteiger partial charge is 0.397 e. The van der Waals surface area contributed by atoms with Crippen molar-refractivity contribution in [1.29, 1.82) is 0 Å². The van der Waals surface area contributed by atoms with Crippen molar-refractivity contribution < 1.29 is 0 Å². The number of nitrogens with two attached hydrogens (primary N) is 1. The highest BCUT2D eigenvalue weighted by molar-refractivity contribution is 9.10. The normalized spacial score (nSPS) is 10.4. The summed E-state index contributed by atoms with van der Waals surface area (Å²) in [5, 5.41) is 0. The molecule has 2 aromatic rings. The number of para-hydroxylation sites is 1. The van der Waals surface area contributed by atoms with Crippen molar-refractivity contribution in [3.05, 3.63) is 58.1 Å². The molecule has 94 valence electrons. The maximum atomic E-state index is 6.06. The van der Waals surface area contributed by atoms with Gasteiger partial charge in [0.1, 0.15) is 0 Å². The standard InChI is InChI=1S/C15H17BrN2/c1-11-6-5-9-14(17)15(11)18(2)10-12-7-3-4-8-13(12)16/h3-9H,10,17H2,1-2H3. The van der Waals surface area contributed by atoms with E-state index in [1.165, 1.54) is 11.1 Å². The highest BCUT2D eigenvalue weighted by Gasteiger charge is 2.10. The summed E-state index contributed by atoms with van der Waals surface area (Å²) in [7, 11) is 2.07. The summed E-state index contributed by atoms with van der Waals surface area (Å²) < 4.78 is 1.13. The lowest BCUT2D eigenvalue weighted by atomic mass is 10.1. The number of benzene rings is 2. The van der Waals surface area contributed by atoms with E-state index in [0.717, 1.165) is 22.4 Å². The summed E-state index contributed by atoms with van der Waals surface area (Å²) in [6.07, 6.45) is 0. The molecule has 2 nitrogen and oxygen atoms in total. The SMILES string of the molecule is Cc1cccc(N)c1N(C)Cc1ccccc1Br. The quantitative estimate of drug-likeness (QED) is 0.869. The Morgan fingerprint density at radius 3 is 2.50 bits per heavy atom. The monoisotopic (exact) mass is 304 g/mol. The van der Waals surface area contributed by atoms with E-state index in [4.69, 9.17) is 5.73 Å². The Morgan fingerprint density at radius 1 is 1.11 bits per heavy atom. The lowest BCUT2D eigenvalue weighted by molar-refractivity contribution is 0.914. The van der Waals surface area contributed by atoms with Gasteiger partial charge in [-0.3, -0.25) is 0 Å². The third-order valence-electron chi connectivity index (χ3n) is 3.02. The molecule has 2 N–H and O–H groups in total. The van der Waals surface area contributed by atoms with Gasteiger partial charge in [0, 0.05) is 18.1 Å². The zero-order valence-corrected chi connectivity index (χ0v) is 12.2. The van der Waals surface area contributed by atoms with Crippen molar-refractivity contribution in [1.82, 2.24) is 0 Å². The second-order valence-corrected chi connectivity index (χ2v) is 5.31. The topological polar surface area (TPSA) is 29.3 Å². The predicted molar refractivity (Wildman–Crippen MR) is 81.8 cm³/mol. The predicted octanol–water partition coefficient (Wildman–Crippen LogP) is 3.98. The van der Waals surface area contributed by atoms with Crippen LogP contribution in [0, 0.1) is 6.92 Å². The number of hydrogen-bond acceptors (Lipinski definition) is 2. The van der Waals surface area contributed by atoms with Gasteiger partial charge in [0.15, 0.2) is 0 Å². The molecule has 2 aromatic carbocycles. The minimum absolute atomic E-state index is 0.824. The molecule has 0 spiro atoms. The van der Waals surface area contributed by atoms with Gasteiger partial charge in [0.25, 0.3) is 0 Å². The molecule has 0 heterocycles. The highest BCUT2D eigenvalue weighted by atomic mass is 79.9. The highest BCUT2D eigenvalue weighted by Crippen LogP contribution is 2.28. The molecule has 0 saturated heterocycles. The van der Waals surface area contributed by atoms with Crippen LogP contribution in [0.5, 0.6) is 0 Å². The average Bonchev–Trinajstić information content (AvgIpc) is 2.32. The van der Waals surface area contributed by atoms with Crippen molar-refractivity contribution in [3.63, 3.8) is 0 Å². The molecular weight excluding hydrogens is 288 g/mol. The zero-order valence-electron chi connectivity index (χ0n) is 10.7. The van der Waals surface area contributed by atoms with E-state index >= 15 is 0 Å². The fraction of sp³-hybridized carbons (Fsp3) is 0.200. The zero-order chi connectivity index (χ0) is 13.1. The lowest BCUT2D eigenvalue weighted by Crippen LogP contribution is -2.19. The van der Waals surface area contributed by atoms with Gasteiger partial charge in [-0.25, -0.2) is 0 Å². The summed E-state index contributed by atoms with van der Waals surface area (Å²) in [6.45, 7) is 2.92. The molecule has 0 aliphatic rings. The molecular formula is C15H17BrN2. The van der Waals surface area contributed by atoms with Crippen LogP contribution in [-0.2, 0) is 6.54 Å². The molecule has 0 radical (unpaired) electrons. The van der Waals surface area contributed by atoms with Gasteiger partial charge in [-0.2, -0.15) is 0 Å². The number of rotatable bonds is 3. The van der Waals surface area contributed by atoms with Crippen molar-refractivity contribution in [2.45, 2.75) is 13.5 Å². The van der Waals surface area contributed by atoms with Crippen LogP contribution >= 0.6 is 15.9 Å². The van der Waals surface area contributed by atoms with Crippen molar-refractivity contribution >= 4 is 27.3 Å². The Morgan fingerprint density at radius 2 is 1.83 bits per heavy atom. The third kappa shape index (κ3) is 2.67. The van der Waals surface area contributed by atoms with Crippen LogP contribution in [0.25, 0.3) is 0 Å². The first kappa shape index (κ1) is 13.0. The second kappa shape index (κ2) is 5.44. The van der Waals surface area contributed by atoms with Crippen molar-refractivity contribution in [2.24, 2.45) is 0 Å². The van der Waals surface area contributed by atoms with E-state index < -0.39 is 0 Å². The molecule has 0 saturated carbocycles. The number of anilines is 2. The average molecular weight is 305 g/mol. The van der Waals surface area contributed by atoms with E-state index in [9.17, 15) is 0 Å². The number of nitrogens with zero attached hydrogens (tertiary/aromatic N) is 1. The fourth-order valence-electron chi connectivity index (χ4n) is 2.16. The van der Waals surface area contributed by atoms with Crippen LogP contribution in [0.4, 0.5) is 11.4 Å². The molecule has 2 rings (SSSR count). The summed E-state index contributed by atoms with van der Waals surface area (Å²) in [5.74, 6) is 0. The molecule has 0 unspecified atom stereocenters. The van der Waals surface area contributed by atoms with Gasteiger partial charge in [0.2, 0.25) is 0 Å². The number of hydrogen-bond donors (Lipinski definition) is 1. The summed E-state index contributed by atoms with van der Waals surface area (Å²) in [4.78, 5) is 2.19. The van der Waals surface area contributed by atoms with Crippen LogP contribution in [0.15, 0.2) is 46.9 Å². The summed E-state index contributed by atoms with van der Waals surface area (Å²) in [5.41, 5.74) is 10.4.